The van der Waals surface area contributed by atoms with Crippen LogP contribution < -0.4 is 4.72 Å². The Kier molecular flexibility index (Phi) is 5.86. The van der Waals surface area contributed by atoms with Gasteiger partial charge in [-0.2, -0.15) is 4.72 Å². The lowest BCUT2D eigenvalue weighted by atomic mass is 10.1. The van der Waals surface area contributed by atoms with Crippen LogP contribution in [0.5, 0.6) is 0 Å². The van der Waals surface area contributed by atoms with E-state index < -0.39 is 21.9 Å². The normalized spacial score (nSPS) is 12.6. The molecule has 0 aliphatic rings. The Labute approximate surface area is 183 Å². The summed E-state index contributed by atoms with van der Waals surface area (Å²) in [5.74, 6) is -0.174. The van der Waals surface area contributed by atoms with Crippen LogP contribution in [0.1, 0.15) is 23.1 Å². The third kappa shape index (κ3) is 4.66. The molecule has 1 heterocycles. The number of rotatable bonds is 6. The zero-order chi connectivity index (χ0) is 22.0. The van der Waals surface area contributed by atoms with Gasteiger partial charge < -0.3 is 4.42 Å². The maximum absolute atomic E-state index is 13.6. The molecule has 0 aliphatic heterocycles. The van der Waals surface area contributed by atoms with Gasteiger partial charge in [0.25, 0.3) is 0 Å². The first-order chi connectivity index (χ1) is 14.8. The number of halogens is 2. The second kappa shape index (κ2) is 8.58. The van der Waals surface area contributed by atoms with Crippen LogP contribution in [0.2, 0.25) is 5.02 Å². The fraction of sp³-hybridized carbons (Fsp3) is 0.0909. The molecule has 4 rings (SSSR count). The number of aromatic nitrogens is 2. The minimum atomic E-state index is -4.04. The van der Waals surface area contributed by atoms with Gasteiger partial charge in [0.2, 0.25) is 21.8 Å². The van der Waals surface area contributed by atoms with Crippen LogP contribution >= 0.6 is 11.6 Å². The Balaban J connectivity index is 1.74. The Morgan fingerprint density at radius 2 is 1.71 bits per heavy atom. The van der Waals surface area contributed by atoms with E-state index in [4.69, 9.17) is 16.0 Å². The van der Waals surface area contributed by atoms with Crippen LogP contribution in [0.4, 0.5) is 4.39 Å². The van der Waals surface area contributed by atoms with Crippen molar-refractivity contribution in [2.75, 3.05) is 0 Å². The number of benzene rings is 3. The quantitative estimate of drug-likeness (QED) is 0.445. The van der Waals surface area contributed by atoms with Crippen molar-refractivity contribution in [3.8, 4) is 11.5 Å². The molecule has 0 spiro atoms. The number of hydrogen-bond acceptors (Lipinski definition) is 5. The van der Waals surface area contributed by atoms with Gasteiger partial charge in [-0.15, -0.1) is 10.2 Å². The molecule has 0 saturated carbocycles. The molecule has 0 saturated heterocycles. The molecule has 0 unspecified atom stereocenters. The fourth-order valence-corrected chi connectivity index (χ4v) is 4.36. The maximum Gasteiger partial charge on any atom is 0.247 e. The lowest BCUT2D eigenvalue weighted by Crippen LogP contribution is -2.30. The minimum absolute atomic E-state index is 0.0589. The largest absolute Gasteiger partial charge is 0.419 e. The molecule has 31 heavy (non-hydrogen) atoms. The summed E-state index contributed by atoms with van der Waals surface area (Å²) in [5, 5.41) is 8.61. The number of nitrogens with zero attached hydrogens (tertiary/aromatic N) is 2. The van der Waals surface area contributed by atoms with Gasteiger partial charge in [0.1, 0.15) is 11.9 Å². The van der Waals surface area contributed by atoms with Crippen molar-refractivity contribution in [3.05, 3.63) is 101 Å². The molecule has 9 heteroatoms. The molecule has 0 radical (unpaired) electrons. The molecule has 1 atom stereocenters. The number of sulfonamides is 1. The number of nitrogens with one attached hydrogen (secondary N) is 1. The molecule has 1 N–H and O–H groups in total. The summed E-state index contributed by atoms with van der Waals surface area (Å²) in [6.45, 7) is 1.50. The van der Waals surface area contributed by atoms with Crippen molar-refractivity contribution in [2.45, 2.75) is 17.9 Å². The predicted molar refractivity (Wildman–Crippen MR) is 114 cm³/mol. The van der Waals surface area contributed by atoms with E-state index in [2.05, 4.69) is 14.9 Å². The van der Waals surface area contributed by atoms with Crippen molar-refractivity contribution in [2.24, 2.45) is 0 Å². The van der Waals surface area contributed by atoms with Crippen molar-refractivity contribution in [3.63, 3.8) is 0 Å². The average Bonchev–Trinajstić information content (AvgIpc) is 3.25. The second-order valence-electron chi connectivity index (χ2n) is 6.83. The average molecular weight is 458 g/mol. The van der Waals surface area contributed by atoms with Gasteiger partial charge in [-0.3, -0.25) is 0 Å². The smallest absolute Gasteiger partial charge is 0.247 e. The summed E-state index contributed by atoms with van der Waals surface area (Å²) in [6, 6.07) is 18.3. The monoisotopic (exact) mass is 457 g/mol. The minimum Gasteiger partial charge on any atom is -0.419 e. The van der Waals surface area contributed by atoms with Gasteiger partial charge in [-0.05, 0) is 60.5 Å². The molecule has 1 aromatic heterocycles. The zero-order valence-corrected chi connectivity index (χ0v) is 17.9. The molecular formula is C22H17ClFN3O3S. The van der Waals surface area contributed by atoms with E-state index in [0.717, 1.165) is 6.07 Å². The van der Waals surface area contributed by atoms with Crippen molar-refractivity contribution >= 4 is 21.6 Å². The molecule has 0 bridgehead atoms. The van der Waals surface area contributed by atoms with E-state index in [-0.39, 0.29) is 22.2 Å². The van der Waals surface area contributed by atoms with Crippen LogP contribution in [0.15, 0.2) is 82.1 Å². The van der Waals surface area contributed by atoms with E-state index in [1.54, 1.807) is 36.4 Å². The van der Waals surface area contributed by atoms with Gasteiger partial charge in [-0.25, -0.2) is 12.8 Å². The van der Waals surface area contributed by atoms with Crippen LogP contribution in [-0.2, 0) is 10.0 Å². The number of aryl methyl sites for hydroxylation is 1. The Morgan fingerprint density at radius 3 is 2.39 bits per heavy atom. The van der Waals surface area contributed by atoms with Gasteiger partial charge in [0.05, 0.1) is 4.90 Å². The lowest BCUT2D eigenvalue weighted by Gasteiger charge is -2.16. The summed E-state index contributed by atoms with van der Waals surface area (Å²) in [5.41, 5.74) is 1.47. The van der Waals surface area contributed by atoms with Crippen molar-refractivity contribution in [1.29, 1.82) is 0 Å². The van der Waals surface area contributed by atoms with Crippen LogP contribution in [-0.4, -0.2) is 18.6 Å². The zero-order valence-electron chi connectivity index (χ0n) is 16.3. The highest BCUT2D eigenvalue weighted by Crippen LogP contribution is 2.28. The highest BCUT2D eigenvalue weighted by molar-refractivity contribution is 7.89. The van der Waals surface area contributed by atoms with E-state index in [0.29, 0.717) is 16.1 Å². The Hall–Kier alpha value is -3.07. The molecule has 3 aromatic carbocycles. The highest BCUT2D eigenvalue weighted by Gasteiger charge is 2.28. The van der Waals surface area contributed by atoms with Crippen molar-refractivity contribution < 1.29 is 17.2 Å². The van der Waals surface area contributed by atoms with E-state index in [9.17, 15) is 12.8 Å². The van der Waals surface area contributed by atoms with Crippen molar-refractivity contribution in [1.82, 2.24) is 14.9 Å². The predicted octanol–water partition coefficient (Wildman–Crippen LogP) is 4.91. The Morgan fingerprint density at radius 1 is 1.00 bits per heavy atom. The van der Waals surface area contributed by atoms with Gasteiger partial charge >= 0.3 is 0 Å². The standard InChI is InChI=1S/C22H17ClFN3O3S/c1-14-13-18(11-12-19(14)24)31(28,29)27-20(15-7-9-17(23)10-8-15)22-26-25-21(30-22)16-5-3-2-4-6-16/h2-13,20,27H,1H3/t20-/m1/s1. The van der Waals surface area contributed by atoms with Crippen LogP contribution in [0.3, 0.4) is 0 Å². The molecular weight excluding hydrogens is 441 g/mol. The molecule has 158 valence electrons. The summed E-state index contributed by atoms with van der Waals surface area (Å²) >= 11 is 5.98. The third-order valence-electron chi connectivity index (χ3n) is 4.62. The Bertz CT molecular complexity index is 1310. The van der Waals surface area contributed by atoms with Crippen LogP contribution in [0, 0.1) is 12.7 Å². The topological polar surface area (TPSA) is 85.1 Å². The van der Waals surface area contributed by atoms with Gasteiger partial charge in [0.15, 0.2) is 0 Å². The van der Waals surface area contributed by atoms with E-state index in [1.807, 2.05) is 18.2 Å². The summed E-state index contributed by atoms with van der Waals surface area (Å²) < 4.78 is 48.1. The SMILES string of the molecule is Cc1cc(S(=O)(=O)N[C@H](c2ccc(Cl)cc2)c2nnc(-c3ccccc3)o2)ccc1F. The van der Waals surface area contributed by atoms with Gasteiger partial charge in [0, 0.05) is 10.6 Å². The van der Waals surface area contributed by atoms with E-state index >= 15 is 0 Å². The first-order valence-electron chi connectivity index (χ1n) is 9.26. The van der Waals surface area contributed by atoms with Crippen LogP contribution in [0.25, 0.3) is 11.5 Å². The summed E-state index contributed by atoms with van der Waals surface area (Å²) in [4.78, 5) is -0.0758. The highest BCUT2D eigenvalue weighted by atomic mass is 35.5. The van der Waals surface area contributed by atoms with Gasteiger partial charge in [-0.1, -0.05) is 41.9 Å². The van der Waals surface area contributed by atoms with E-state index in [1.165, 1.54) is 19.1 Å². The summed E-state index contributed by atoms with van der Waals surface area (Å²) in [6.07, 6.45) is 0. The third-order valence-corrected chi connectivity index (χ3v) is 6.30. The first kappa shape index (κ1) is 21.2. The molecule has 0 aliphatic carbocycles. The maximum atomic E-state index is 13.6. The molecule has 0 fully saturated rings. The molecule has 6 nitrogen and oxygen atoms in total. The first-order valence-corrected chi connectivity index (χ1v) is 11.1. The molecule has 0 amide bonds. The summed E-state index contributed by atoms with van der Waals surface area (Å²) in [7, 11) is -4.04. The fourth-order valence-electron chi connectivity index (χ4n) is 2.97. The molecule has 4 aromatic rings. The lowest BCUT2D eigenvalue weighted by molar-refractivity contribution is 0.464. The number of hydrogen-bond donors (Lipinski definition) is 1. The second-order valence-corrected chi connectivity index (χ2v) is 8.98.